The van der Waals surface area contributed by atoms with E-state index in [0.717, 1.165) is 11.8 Å². The minimum atomic E-state index is -0.461. The maximum Gasteiger partial charge on any atom is 0.312 e. The highest BCUT2D eigenvalue weighted by atomic mass is 16.5. The summed E-state index contributed by atoms with van der Waals surface area (Å²) in [5.41, 5.74) is 0.822. The summed E-state index contributed by atoms with van der Waals surface area (Å²) in [5, 5.41) is 0. The van der Waals surface area contributed by atoms with Gasteiger partial charge in [0.2, 0.25) is 0 Å². The molecule has 2 aromatic carbocycles. The Hall–Kier alpha value is -2.42. The molecule has 0 amide bonds. The lowest BCUT2D eigenvalue weighted by molar-refractivity contribution is -0.135. The van der Waals surface area contributed by atoms with Gasteiger partial charge in [-0.05, 0) is 17.7 Å². The average Bonchev–Trinajstić information content (AvgIpc) is 2.47. The third-order valence-electron chi connectivity index (χ3n) is 2.75. The van der Waals surface area contributed by atoms with E-state index >= 15 is 0 Å². The van der Waals surface area contributed by atoms with E-state index in [9.17, 15) is 9.59 Å². The molecular weight excluding hydrogens is 240 g/mol. The van der Waals surface area contributed by atoms with Crippen LogP contribution in [0.2, 0.25) is 0 Å². The lowest BCUT2D eigenvalue weighted by Gasteiger charge is -2.10. The van der Waals surface area contributed by atoms with Crippen LogP contribution in [-0.2, 0) is 9.59 Å². The molecule has 0 saturated carbocycles. The monoisotopic (exact) mass is 254 g/mol. The molecule has 2 aromatic rings. The predicted octanol–water partition coefficient (Wildman–Crippen LogP) is 2.96. The summed E-state index contributed by atoms with van der Waals surface area (Å²) < 4.78 is 5.17. The molecule has 1 unspecified atom stereocenters. The highest BCUT2D eigenvalue weighted by Crippen LogP contribution is 2.18. The molecule has 0 bridgehead atoms. The van der Waals surface area contributed by atoms with Gasteiger partial charge in [-0.25, -0.2) is 0 Å². The molecule has 0 spiro atoms. The maximum atomic E-state index is 11.8. The summed E-state index contributed by atoms with van der Waals surface area (Å²) in [5.74, 6) is -0.380. The highest BCUT2D eigenvalue weighted by molar-refractivity contribution is 5.78. The summed E-state index contributed by atoms with van der Waals surface area (Å²) >= 11 is 0. The van der Waals surface area contributed by atoms with Crippen molar-refractivity contribution in [3.63, 3.8) is 0 Å². The van der Waals surface area contributed by atoms with Crippen molar-refractivity contribution in [2.24, 2.45) is 0 Å². The summed E-state index contributed by atoms with van der Waals surface area (Å²) in [7, 11) is 0. The Morgan fingerprint density at radius 3 is 2.16 bits per heavy atom. The van der Waals surface area contributed by atoms with Crippen LogP contribution in [0, 0.1) is 0 Å². The van der Waals surface area contributed by atoms with Crippen LogP contribution >= 0.6 is 0 Å². The highest BCUT2D eigenvalue weighted by Gasteiger charge is 2.16. The van der Waals surface area contributed by atoms with Gasteiger partial charge in [-0.15, -0.1) is 0 Å². The minimum Gasteiger partial charge on any atom is -0.427 e. The van der Waals surface area contributed by atoms with Gasteiger partial charge in [0, 0.05) is 0 Å². The topological polar surface area (TPSA) is 43.4 Å². The first-order valence-electron chi connectivity index (χ1n) is 6.05. The van der Waals surface area contributed by atoms with Crippen LogP contribution < -0.4 is 4.74 Å². The van der Waals surface area contributed by atoms with Crippen LogP contribution in [-0.4, -0.2) is 12.3 Å². The van der Waals surface area contributed by atoms with Gasteiger partial charge < -0.3 is 9.53 Å². The van der Waals surface area contributed by atoms with E-state index in [1.165, 1.54) is 0 Å². The van der Waals surface area contributed by atoms with Gasteiger partial charge >= 0.3 is 5.97 Å². The number of rotatable bonds is 5. The molecule has 96 valence electrons. The van der Waals surface area contributed by atoms with Gasteiger partial charge in [-0.3, -0.25) is 4.79 Å². The van der Waals surface area contributed by atoms with Gasteiger partial charge in [-0.1, -0.05) is 48.5 Å². The van der Waals surface area contributed by atoms with E-state index in [1.807, 2.05) is 36.4 Å². The standard InChI is InChI=1S/C16H14O3/c17-12-14(13-7-3-1-4-8-13)11-16(18)19-15-9-5-2-6-10-15/h1-10,12,14H,11H2. The van der Waals surface area contributed by atoms with Crippen LogP contribution in [0.4, 0.5) is 0 Å². The number of hydrogen-bond donors (Lipinski definition) is 0. The molecule has 0 fully saturated rings. The molecule has 0 aromatic heterocycles. The third kappa shape index (κ3) is 3.78. The molecule has 0 saturated heterocycles. The second kappa shape index (κ2) is 6.50. The van der Waals surface area contributed by atoms with Crippen molar-refractivity contribution in [1.29, 1.82) is 0 Å². The normalized spacial score (nSPS) is 11.6. The summed E-state index contributed by atoms with van der Waals surface area (Å²) in [6.45, 7) is 0. The number of ether oxygens (including phenoxy) is 1. The molecule has 0 aliphatic rings. The molecular formula is C16H14O3. The molecule has 3 heteroatoms. The van der Waals surface area contributed by atoms with Gasteiger partial charge in [0.1, 0.15) is 12.0 Å². The Bertz CT molecular complexity index is 534. The quantitative estimate of drug-likeness (QED) is 0.468. The van der Waals surface area contributed by atoms with E-state index in [-0.39, 0.29) is 6.42 Å². The fourth-order valence-corrected chi connectivity index (χ4v) is 1.79. The van der Waals surface area contributed by atoms with Gasteiger partial charge in [0.25, 0.3) is 0 Å². The van der Waals surface area contributed by atoms with E-state index < -0.39 is 11.9 Å². The second-order valence-corrected chi connectivity index (χ2v) is 4.14. The molecule has 0 aliphatic carbocycles. The zero-order valence-corrected chi connectivity index (χ0v) is 10.4. The number of carbonyl (C=O) groups is 2. The van der Waals surface area contributed by atoms with Crippen molar-refractivity contribution < 1.29 is 14.3 Å². The SMILES string of the molecule is O=CC(CC(=O)Oc1ccccc1)c1ccccc1. The largest absolute Gasteiger partial charge is 0.427 e. The van der Waals surface area contributed by atoms with Crippen molar-refractivity contribution in [2.75, 3.05) is 0 Å². The van der Waals surface area contributed by atoms with Gasteiger partial charge in [0.05, 0.1) is 12.3 Å². The van der Waals surface area contributed by atoms with Crippen LogP contribution in [0.15, 0.2) is 60.7 Å². The molecule has 1 atom stereocenters. The van der Waals surface area contributed by atoms with E-state index in [1.54, 1.807) is 24.3 Å². The fraction of sp³-hybridized carbons (Fsp3) is 0.125. The molecule has 0 heterocycles. The van der Waals surface area contributed by atoms with E-state index in [0.29, 0.717) is 5.75 Å². The third-order valence-corrected chi connectivity index (χ3v) is 2.75. The maximum absolute atomic E-state index is 11.8. The van der Waals surface area contributed by atoms with Crippen molar-refractivity contribution in [2.45, 2.75) is 12.3 Å². The number of esters is 1. The zero-order chi connectivity index (χ0) is 13.5. The number of benzene rings is 2. The number of hydrogen-bond acceptors (Lipinski definition) is 3. The van der Waals surface area contributed by atoms with E-state index in [2.05, 4.69) is 0 Å². The fourth-order valence-electron chi connectivity index (χ4n) is 1.79. The number of para-hydroxylation sites is 1. The van der Waals surface area contributed by atoms with Crippen molar-refractivity contribution >= 4 is 12.3 Å². The van der Waals surface area contributed by atoms with Crippen LogP contribution in [0.5, 0.6) is 5.75 Å². The van der Waals surface area contributed by atoms with Crippen molar-refractivity contribution in [3.8, 4) is 5.75 Å². The number of carbonyl (C=O) groups excluding carboxylic acids is 2. The summed E-state index contributed by atoms with van der Waals surface area (Å²) in [4.78, 5) is 22.9. The van der Waals surface area contributed by atoms with Crippen molar-refractivity contribution in [1.82, 2.24) is 0 Å². The lowest BCUT2D eigenvalue weighted by Crippen LogP contribution is -2.14. The minimum absolute atomic E-state index is 0.0441. The average molecular weight is 254 g/mol. The first kappa shape index (κ1) is 13.0. The molecule has 0 radical (unpaired) electrons. The van der Waals surface area contributed by atoms with Gasteiger partial charge in [0.15, 0.2) is 0 Å². The van der Waals surface area contributed by atoms with Crippen LogP contribution in [0.1, 0.15) is 17.9 Å². The Morgan fingerprint density at radius 1 is 1.00 bits per heavy atom. The lowest BCUT2D eigenvalue weighted by atomic mass is 9.97. The summed E-state index contributed by atoms with van der Waals surface area (Å²) in [6, 6.07) is 18.0. The number of aldehydes is 1. The Kier molecular flexibility index (Phi) is 4.45. The Labute approximate surface area is 111 Å². The van der Waals surface area contributed by atoms with E-state index in [4.69, 9.17) is 4.74 Å². The zero-order valence-electron chi connectivity index (χ0n) is 10.4. The molecule has 0 N–H and O–H groups in total. The predicted molar refractivity (Wildman–Crippen MR) is 71.9 cm³/mol. The van der Waals surface area contributed by atoms with Crippen molar-refractivity contribution in [3.05, 3.63) is 66.2 Å². The first-order valence-corrected chi connectivity index (χ1v) is 6.05. The molecule has 2 rings (SSSR count). The first-order chi connectivity index (χ1) is 9.29. The molecule has 19 heavy (non-hydrogen) atoms. The Balaban J connectivity index is 1.99. The molecule has 3 nitrogen and oxygen atoms in total. The van der Waals surface area contributed by atoms with Gasteiger partial charge in [-0.2, -0.15) is 0 Å². The van der Waals surface area contributed by atoms with Crippen LogP contribution in [0.25, 0.3) is 0 Å². The van der Waals surface area contributed by atoms with Crippen LogP contribution in [0.3, 0.4) is 0 Å². The second-order valence-electron chi connectivity index (χ2n) is 4.14. The molecule has 0 aliphatic heterocycles. The smallest absolute Gasteiger partial charge is 0.312 e. The Morgan fingerprint density at radius 2 is 1.58 bits per heavy atom. The summed E-state index contributed by atoms with van der Waals surface area (Å²) in [6.07, 6.45) is 0.823.